The van der Waals surface area contributed by atoms with Crippen LogP contribution < -0.4 is 21.9 Å². The number of carbonyl (C=O) groups is 1. The molecule has 98 valence electrons. The molecular weight excluding hydrogens is 234 g/mol. The molecule has 1 aromatic rings. The molecule has 0 aliphatic carbocycles. The van der Waals surface area contributed by atoms with Crippen LogP contribution in [0.15, 0.2) is 30.3 Å². The van der Waals surface area contributed by atoms with Gasteiger partial charge in [0.25, 0.3) is 0 Å². The van der Waals surface area contributed by atoms with E-state index in [2.05, 4.69) is 21.9 Å². The van der Waals surface area contributed by atoms with Crippen LogP contribution in [0.4, 0.5) is 4.79 Å². The van der Waals surface area contributed by atoms with Crippen molar-refractivity contribution in [3.8, 4) is 0 Å². The van der Waals surface area contributed by atoms with Gasteiger partial charge in [0.05, 0.1) is 6.54 Å². The molecule has 7 heteroatoms. The van der Waals surface area contributed by atoms with Crippen molar-refractivity contribution in [2.45, 2.75) is 12.8 Å². The normalized spacial score (nSPS) is 15.6. The number of carbonyl (C=O) groups excluding carboxylic acids is 1. The van der Waals surface area contributed by atoms with Crippen molar-refractivity contribution in [2.24, 2.45) is 0 Å². The first-order valence-electron chi connectivity index (χ1n) is 5.68. The number of hydrogen-bond acceptors (Lipinski definition) is 6. The van der Waals surface area contributed by atoms with Gasteiger partial charge in [-0.1, -0.05) is 30.3 Å². The summed E-state index contributed by atoms with van der Waals surface area (Å²) in [5, 5.41) is 0. The molecule has 0 unspecified atom stereocenters. The van der Waals surface area contributed by atoms with E-state index in [1.54, 1.807) is 7.05 Å². The summed E-state index contributed by atoms with van der Waals surface area (Å²) in [5.74, 6) is 0. The maximum Gasteiger partial charge on any atom is 0.409 e. The smallest absolute Gasteiger partial charge is 0.409 e. The van der Waals surface area contributed by atoms with Gasteiger partial charge in [-0.05, 0) is 5.56 Å². The van der Waals surface area contributed by atoms with Gasteiger partial charge in [0.15, 0.2) is 0 Å². The molecule has 1 fully saturated rings. The minimum absolute atomic E-state index is 0.0562. The predicted octanol–water partition coefficient (Wildman–Crippen LogP) is -0.302. The van der Waals surface area contributed by atoms with Crippen LogP contribution in [-0.2, 0) is 11.3 Å². The molecule has 18 heavy (non-hydrogen) atoms. The molecular formula is C11H17N5O2. The zero-order valence-corrected chi connectivity index (χ0v) is 10.1. The molecule has 0 atom stereocenters. The molecule has 1 aromatic carbocycles. The average molecular weight is 251 g/mol. The van der Waals surface area contributed by atoms with Crippen LogP contribution in [0.3, 0.4) is 0 Å². The molecule has 0 radical (unpaired) electrons. The van der Waals surface area contributed by atoms with Crippen LogP contribution in [0.5, 0.6) is 0 Å². The number of likely N-dealkylation sites (N-methyl/N-ethyl adjacent to an activating group) is 1. The minimum atomic E-state index is -0.352. The fourth-order valence-electron chi connectivity index (χ4n) is 1.55. The first kappa shape index (κ1) is 12.8. The van der Waals surface area contributed by atoms with E-state index in [1.165, 1.54) is 4.90 Å². The molecule has 7 nitrogen and oxygen atoms in total. The van der Waals surface area contributed by atoms with Gasteiger partial charge < -0.3 is 9.64 Å². The maximum absolute atomic E-state index is 11.7. The van der Waals surface area contributed by atoms with E-state index < -0.39 is 0 Å². The number of hydrogen-bond donors (Lipinski definition) is 4. The van der Waals surface area contributed by atoms with Crippen LogP contribution in [0.1, 0.15) is 5.56 Å². The van der Waals surface area contributed by atoms with Crippen LogP contribution in [0.2, 0.25) is 0 Å². The Labute approximate surface area is 105 Å². The molecule has 0 aromatic heterocycles. The van der Waals surface area contributed by atoms with Crippen molar-refractivity contribution in [3.05, 3.63) is 35.9 Å². The number of nitrogens with zero attached hydrogens (tertiary/aromatic N) is 1. The molecule has 4 N–H and O–H groups in total. The Morgan fingerprint density at radius 2 is 1.94 bits per heavy atom. The summed E-state index contributed by atoms with van der Waals surface area (Å²) in [6, 6.07) is 9.59. The van der Waals surface area contributed by atoms with Crippen molar-refractivity contribution in [1.29, 1.82) is 0 Å². The average Bonchev–Trinajstić information content (AvgIpc) is 2.90. The maximum atomic E-state index is 11.7. The standard InChI is InChI=1S/C11H17N5O2/c1-16(7-10-12-14-15-13-10)11(17)18-8-9-5-3-2-4-6-9/h2-6,10,12-15H,7-8H2,1H3. The second-order valence-corrected chi connectivity index (χ2v) is 4.01. The van der Waals surface area contributed by atoms with Gasteiger partial charge in [0.1, 0.15) is 12.8 Å². The highest BCUT2D eigenvalue weighted by molar-refractivity contribution is 5.67. The van der Waals surface area contributed by atoms with Crippen molar-refractivity contribution in [1.82, 2.24) is 26.8 Å². The third kappa shape index (κ3) is 3.67. The van der Waals surface area contributed by atoms with E-state index in [1.807, 2.05) is 30.3 Å². The lowest BCUT2D eigenvalue weighted by atomic mass is 10.2. The lowest BCUT2D eigenvalue weighted by molar-refractivity contribution is 0.101. The number of ether oxygens (including phenoxy) is 1. The van der Waals surface area contributed by atoms with Crippen LogP contribution >= 0.6 is 0 Å². The molecule has 2 rings (SSSR count). The Morgan fingerprint density at radius 1 is 1.28 bits per heavy atom. The Kier molecular flexibility index (Phi) is 4.48. The number of rotatable bonds is 4. The van der Waals surface area contributed by atoms with Gasteiger partial charge in [-0.15, -0.1) is 0 Å². The molecule has 1 heterocycles. The number of amides is 1. The predicted molar refractivity (Wildman–Crippen MR) is 65.6 cm³/mol. The fraction of sp³-hybridized carbons (Fsp3) is 0.364. The van der Waals surface area contributed by atoms with Gasteiger partial charge in [-0.25, -0.2) is 15.6 Å². The SMILES string of the molecule is CN(CC1NNNN1)C(=O)OCc1ccccc1. The number of nitrogens with one attached hydrogen (secondary N) is 4. The zero-order valence-electron chi connectivity index (χ0n) is 10.1. The number of benzene rings is 1. The van der Waals surface area contributed by atoms with Gasteiger partial charge in [-0.2, -0.15) is 11.1 Å². The Morgan fingerprint density at radius 3 is 2.61 bits per heavy atom. The minimum Gasteiger partial charge on any atom is -0.445 e. The lowest BCUT2D eigenvalue weighted by Crippen LogP contribution is -2.45. The summed E-state index contributed by atoms with van der Waals surface area (Å²) in [7, 11) is 1.69. The van der Waals surface area contributed by atoms with Crippen molar-refractivity contribution < 1.29 is 9.53 Å². The zero-order chi connectivity index (χ0) is 12.8. The number of hydrazine groups is 3. The topological polar surface area (TPSA) is 77.7 Å². The second-order valence-electron chi connectivity index (χ2n) is 4.01. The molecule has 1 amide bonds. The van der Waals surface area contributed by atoms with E-state index in [9.17, 15) is 4.79 Å². The Bertz CT molecular complexity index is 380. The summed E-state index contributed by atoms with van der Waals surface area (Å²) in [6.45, 7) is 0.764. The fourth-order valence-corrected chi connectivity index (χ4v) is 1.55. The summed E-state index contributed by atoms with van der Waals surface area (Å²) < 4.78 is 5.19. The third-order valence-corrected chi connectivity index (χ3v) is 2.53. The second kappa shape index (κ2) is 6.31. The van der Waals surface area contributed by atoms with Gasteiger partial charge in [0, 0.05) is 7.05 Å². The monoisotopic (exact) mass is 251 g/mol. The van der Waals surface area contributed by atoms with Crippen molar-refractivity contribution in [3.63, 3.8) is 0 Å². The Balaban J connectivity index is 1.73. The van der Waals surface area contributed by atoms with E-state index in [4.69, 9.17) is 4.74 Å². The molecule has 0 saturated carbocycles. The van der Waals surface area contributed by atoms with Crippen LogP contribution in [0, 0.1) is 0 Å². The van der Waals surface area contributed by atoms with Crippen molar-refractivity contribution in [2.75, 3.05) is 13.6 Å². The Hall–Kier alpha value is -1.67. The quantitative estimate of drug-likeness (QED) is 0.588. The van der Waals surface area contributed by atoms with Gasteiger partial charge in [-0.3, -0.25) is 0 Å². The lowest BCUT2D eigenvalue weighted by Gasteiger charge is -2.20. The van der Waals surface area contributed by atoms with Crippen LogP contribution in [-0.4, -0.2) is 30.8 Å². The van der Waals surface area contributed by atoms with Gasteiger partial charge in [0.2, 0.25) is 0 Å². The largest absolute Gasteiger partial charge is 0.445 e. The highest BCUT2D eigenvalue weighted by Crippen LogP contribution is 2.02. The van der Waals surface area contributed by atoms with E-state index >= 15 is 0 Å². The highest BCUT2D eigenvalue weighted by atomic mass is 16.6. The molecule has 1 aliphatic heterocycles. The summed E-state index contributed by atoms with van der Waals surface area (Å²) in [6.07, 6.45) is -0.409. The first-order valence-corrected chi connectivity index (χ1v) is 5.68. The first-order chi connectivity index (χ1) is 8.75. The van der Waals surface area contributed by atoms with Crippen LogP contribution in [0.25, 0.3) is 0 Å². The highest BCUT2D eigenvalue weighted by Gasteiger charge is 2.18. The molecule has 0 bridgehead atoms. The van der Waals surface area contributed by atoms with Crippen molar-refractivity contribution >= 4 is 6.09 Å². The molecule has 1 aliphatic rings. The van der Waals surface area contributed by atoms with E-state index in [0.717, 1.165) is 5.56 Å². The van der Waals surface area contributed by atoms with E-state index in [-0.39, 0.29) is 18.9 Å². The summed E-state index contributed by atoms with van der Waals surface area (Å²) in [5.41, 5.74) is 12.1. The van der Waals surface area contributed by atoms with Gasteiger partial charge >= 0.3 is 6.09 Å². The third-order valence-electron chi connectivity index (χ3n) is 2.53. The van der Waals surface area contributed by atoms with E-state index in [0.29, 0.717) is 6.54 Å². The summed E-state index contributed by atoms with van der Waals surface area (Å²) >= 11 is 0. The summed E-state index contributed by atoms with van der Waals surface area (Å²) in [4.78, 5) is 13.2. The molecule has 0 spiro atoms. The molecule has 1 saturated heterocycles.